The number of benzene rings is 1. The number of nitrogens with two attached hydrogens (primary N) is 2. The highest BCUT2D eigenvalue weighted by molar-refractivity contribution is 7.89. The Hall–Kier alpha value is -1.40. The molecule has 1 aliphatic rings. The molecule has 0 radical (unpaired) electrons. The number of sulfonamides is 1. The lowest BCUT2D eigenvalue weighted by atomic mass is 10.1. The number of amides is 1. The zero-order chi connectivity index (χ0) is 11.9. The molecular formula is C10H12N2O3S. The molecule has 0 unspecified atom stereocenters. The average molecular weight is 240 g/mol. The number of primary sulfonamides is 1. The van der Waals surface area contributed by atoms with Crippen LogP contribution in [0.2, 0.25) is 0 Å². The summed E-state index contributed by atoms with van der Waals surface area (Å²) in [5.74, 6) is -0.284. The van der Waals surface area contributed by atoms with Crippen molar-refractivity contribution in [2.75, 3.05) is 0 Å². The molecule has 1 fully saturated rings. The van der Waals surface area contributed by atoms with E-state index in [4.69, 9.17) is 10.9 Å². The van der Waals surface area contributed by atoms with E-state index in [-0.39, 0.29) is 22.6 Å². The fourth-order valence-corrected chi connectivity index (χ4v) is 2.30. The van der Waals surface area contributed by atoms with Crippen LogP contribution in [-0.2, 0) is 14.8 Å². The average Bonchev–Trinajstić information content (AvgIpc) is 2.96. The van der Waals surface area contributed by atoms with Crippen LogP contribution in [-0.4, -0.2) is 14.3 Å². The van der Waals surface area contributed by atoms with Crippen molar-refractivity contribution in [3.8, 4) is 0 Å². The maximum atomic E-state index is 11.0. The quantitative estimate of drug-likeness (QED) is 0.772. The normalized spacial score (nSPS) is 24.1. The number of carbonyl (C=O) groups excluding carboxylic acids is 1. The van der Waals surface area contributed by atoms with Crippen LogP contribution in [0.1, 0.15) is 17.9 Å². The molecule has 0 aliphatic heterocycles. The predicted octanol–water partition coefficient (Wildman–Crippen LogP) is -0.0772. The van der Waals surface area contributed by atoms with Gasteiger partial charge in [-0.2, -0.15) is 0 Å². The van der Waals surface area contributed by atoms with Crippen molar-refractivity contribution in [1.29, 1.82) is 0 Å². The molecule has 1 saturated carbocycles. The molecule has 0 saturated heterocycles. The van der Waals surface area contributed by atoms with Gasteiger partial charge in [0.1, 0.15) is 0 Å². The Balaban J connectivity index is 2.19. The van der Waals surface area contributed by atoms with E-state index in [0.29, 0.717) is 0 Å². The second-order valence-corrected chi connectivity index (χ2v) is 5.53. The summed E-state index contributed by atoms with van der Waals surface area (Å²) < 4.78 is 22.0. The maximum Gasteiger partial charge on any atom is 0.238 e. The summed E-state index contributed by atoms with van der Waals surface area (Å²) in [6.45, 7) is 0. The van der Waals surface area contributed by atoms with E-state index in [1.807, 2.05) is 0 Å². The summed E-state index contributed by atoms with van der Waals surface area (Å²) in [6.07, 6.45) is 0.740. The Labute approximate surface area is 93.5 Å². The number of rotatable bonds is 3. The first-order valence-corrected chi connectivity index (χ1v) is 6.36. The van der Waals surface area contributed by atoms with Crippen LogP contribution in [0.15, 0.2) is 29.2 Å². The summed E-state index contributed by atoms with van der Waals surface area (Å²) in [4.78, 5) is 11.0. The van der Waals surface area contributed by atoms with Crippen molar-refractivity contribution in [3.05, 3.63) is 29.8 Å². The van der Waals surface area contributed by atoms with Gasteiger partial charge in [-0.1, -0.05) is 12.1 Å². The van der Waals surface area contributed by atoms with Crippen molar-refractivity contribution in [3.63, 3.8) is 0 Å². The van der Waals surface area contributed by atoms with Gasteiger partial charge in [0.05, 0.1) is 4.90 Å². The van der Waals surface area contributed by atoms with Crippen LogP contribution in [0.4, 0.5) is 0 Å². The van der Waals surface area contributed by atoms with Gasteiger partial charge in [0, 0.05) is 5.92 Å². The third-order valence-electron chi connectivity index (χ3n) is 2.79. The van der Waals surface area contributed by atoms with Crippen LogP contribution in [0.25, 0.3) is 0 Å². The minimum atomic E-state index is -3.65. The molecule has 0 bridgehead atoms. The maximum absolute atomic E-state index is 11.0. The largest absolute Gasteiger partial charge is 0.369 e. The van der Waals surface area contributed by atoms with E-state index in [2.05, 4.69) is 0 Å². The highest BCUT2D eigenvalue weighted by Gasteiger charge is 2.42. The second kappa shape index (κ2) is 3.57. The van der Waals surface area contributed by atoms with Crippen LogP contribution < -0.4 is 10.9 Å². The lowest BCUT2D eigenvalue weighted by Gasteiger charge is -2.01. The molecule has 1 aromatic carbocycles. The molecule has 0 heterocycles. The number of hydrogen-bond acceptors (Lipinski definition) is 3. The molecule has 6 heteroatoms. The molecule has 5 nitrogen and oxygen atoms in total. The number of hydrogen-bond donors (Lipinski definition) is 2. The zero-order valence-corrected chi connectivity index (χ0v) is 9.28. The van der Waals surface area contributed by atoms with Gasteiger partial charge in [-0.05, 0) is 30.0 Å². The molecule has 4 N–H and O–H groups in total. The van der Waals surface area contributed by atoms with Gasteiger partial charge in [0.25, 0.3) is 0 Å². The topological polar surface area (TPSA) is 103 Å². The van der Waals surface area contributed by atoms with Gasteiger partial charge in [-0.25, -0.2) is 13.6 Å². The monoisotopic (exact) mass is 240 g/mol. The van der Waals surface area contributed by atoms with Gasteiger partial charge in [-0.3, -0.25) is 4.79 Å². The number of primary amides is 1. The summed E-state index contributed by atoms with van der Waals surface area (Å²) >= 11 is 0. The lowest BCUT2D eigenvalue weighted by molar-refractivity contribution is -0.119. The Morgan fingerprint density at radius 1 is 1.25 bits per heavy atom. The van der Waals surface area contributed by atoms with E-state index in [1.54, 1.807) is 12.1 Å². The second-order valence-electron chi connectivity index (χ2n) is 3.97. The third-order valence-corrected chi connectivity index (χ3v) is 3.72. The van der Waals surface area contributed by atoms with Crippen LogP contribution in [0, 0.1) is 5.92 Å². The molecule has 16 heavy (non-hydrogen) atoms. The van der Waals surface area contributed by atoms with E-state index in [9.17, 15) is 13.2 Å². The molecular weight excluding hydrogens is 228 g/mol. The first-order chi connectivity index (χ1) is 7.39. The fraction of sp³-hybridized carbons (Fsp3) is 0.300. The minimum Gasteiger partial charge on any atom is -0.369 e. The molecule has 0 aromatic heterocycles. The smallest absolute Gasteiger partial charge is 0.238 e. The van der Waals surface area contributed by atoms with Crippen molar-refractivity contribution in [1.82, 2.24) is 0 Å². The van der Waals surface area contributed by atoms with E-state index in [1.165, 1.54) is 12.1 Å². The molecule has 2 rings (SSSR count). The van der Waals surface area contributed by atoms with Gasteiger partial charge in [0.2, 0.25) is 15.9 Å². The third kappa shape index (κ3) is 2.07. The summed E-state index contributed by atoms with van der Waals surface area (Å²) in [6, 6.07) is 6.24. The van der Waals surface area contributed by atoms with E-state index < -0.39 is 10.0 Å². The standard InChI is InChI=1S/C10H12N2O3S/c11-10(13)9-5-8(9)6-1-3-7(4-2-6)16(12,14)15/h1-4,8-9H,5H2,(H2,11,13)(H2,12,14,15)/t8-,9+/m0/s1. The summed E-state index contributed by atoms with van der Waals surface area (Å²) in [7, 11) is -3.65. The zero-order valence-electron chi connectivity index (χ0n) is 8.46. The van der Waals surface area contributed by atoms with Gasteiger partial charge in [-0.15, -0.1) is 0 Å². The molecule has 0 spiro atoms. The van der Waals surface area contributed by atoms with Crippen molar-refractivity contribution in [2.24, 2.45) is 16.8 Å². The van der Waals surface area contributed by atoms with Crippen molar-refractivity contribution >= 4 is 15.9 Å². The Morgan fingerprint density at radius 2 is 1.81 bits per heavy atom. The van der Waals surface area contributed by atoms with Crippen molar-refractivity contribution in [2.45, 2.75) is 17.2 Å². The molecule has 1 aliphatic carbocycles. The SMILES string of the molecule is NC(=O)[C@@H]1C[C@H]1c1ccc(S(N)(=O)=O)cc1. The Bertz CT molecular complexity index is 522. The molecule has 2 atom stereocenters. The highest BCUT2D eigenvalue weighted by atomic mass is 32.2. The van der Waals surface area contributed by atoms with Gasteiger partial charge >= 0.3 is 0 Å². The Kier molecular flexibility index (Phi) is 2.47. The Morgan fingerprint density at radius 3 is 2.19 bits per heavy atom. The molecule has 1 amide bonds. The van der Waals surface area contributed by atoms with Crippen molar-refractivity contribution < 1.29 is 13.2 Å². The van der Waals surface area contributed by atoms with Crippen LogP contribution in [0.5, 0.6) is 0 Å². The molecule has 1 aromatic rings. The van der Waals surface area contributed by atoms with Gasteiger partial charge < -0.3 is 5.73 Å². The first-order valence-electron chi connectivity index (χ1n) is 4.81. The first kappa shape index (κ1) is 11.1. The van der Waals surface area contributed by atoms with E-state index in [0.717, 1.165) is 12.0 Å². The lowest BCUT2D eigenvalue weighted by Crippen LogP contribution is -2.14. The van der Waals surface area contributed by atoms with Gasteiger partial charge in [0.15, 0.2) is 0 Å². The van der Waals surface area contributed by atoms with E-state index >= 15 is 0 Å². The minimum absolute atomic E-state index is 0.0764. The number of carbonyl (C=O) groups is 1. The summed E-state index contributed by atoms with van der Waals surface area (Å²) in [5.41, 5.74) is 6.10. The molecule has 86 valence electrons. The predicted molar refractivity (Wildman–Crippen MR) is 57.9 cm³/mol. The van der Waals surface area contributed by atoms with Crippen LogP contribution in [0.3, 0.4) is 0 Å². The summed E-state index contributed by atoms with van der Waals surface area (Å²) in [5, 5.41) is 4.97. The highest BCUT2D eigenvalue weighted by Crippen LogP contribution is 2.47. The fourth-order valence-electron chi connectivity index (χ4n) is 1.78. The van der Waals surface area contributed by atoms with Crippen LogP contribution >= 0.6 is 0 Å².